The van der Waals surface area contributed by atoms with Crippen LogP contribution in [0.1, 0.15) is 17.4 Å². The summed E-state index contributed by atoms with van der Waals surface area (Å²) in [6, 6.07) is 8.93. The molecule has 0 aliphatic carbocycles. The summed E-state index contributed by atoms with van der Waals surface area (Å²) >= 11 is 1.56. The molecule has 20 heavy (non-hydrogen) atoms. The van der Waals surface area contributed by atoms with E-state index in [1.807, 2.05) is 30.5 Å². The Kier molecular flexibility index (Phi) is 4.57. The van der Waals surface area contributed by atoms with Crippen LogP contribution in [0.4, 0.5) is 0 Å². The summed E-state index contributed by atoms with van der Waals surface area (Å²) in [6.45, 7) is 1.89. The minimum atomic E-state index is -0.700. The number of carbonyl (C=O) groups is 1. The van der Waals surface area contributed by atoms with Crippen LogP contribution in [0.25, 0.3) is 5.69 Å². The van der Waals surface area contributed by atoms with Gasteiger partial charge in [0.1, 0.15) is 0 Å². The quantitative estimate of drug-likeness (QED) is 0.637. The maximum absolute atomic E-state index is 11.7. The highest BCUT2D eigenvalue weighted by Crippen LogP contribution is 2.22. The number of aromatic nitrogens is 2. The zero-order valence-corrected chi connectivity index (χ0v) is 12.0. The Balaban J connectivity index is 2.51. The minimum Gasteiger partial charge on any atom is -0.461 e. The van der Waals surface area contributed by atoms with Gasteiger partial charge in [0.25, 0.3) is 0 Å². The molecule has 0 saturated carbocycles. The summed E-state index contributed by atoms with van der Waals surface area (Å²) < 4.78 is 6.35. The SMILES string of the molecule is CCOC(=O)c1nn(-c2ccccc2SC)ccc1=O. The second kappa shape index (κ2) is 6.38. The van der Waals surface area contributed by atoms with Crippen LogP contribution in [0, 0.1) is 0 Å². The van der Waals surface area contributed by atoms with Crippen molar-refractivity contribution in [3.8, 4) is 5.69 Å². The van der Waals surface area contributed by atoms with Crippen molar-refractivity contribution in [1.29, 1.82) is 0 Å². The van der Waals surface area contributed by atoms with Gasteiger partial charge < -0.3 is 4.74 Å². The van der Waals surface area contributed by atoms with E-state index in [1.54, 1.807) is 24.9 Å². The summed E-state index contributed by atoms with van der Waals surface area (Å²) in [4.78, 5) is 24.4. The number of esters is 1. The van der Waals surface area contributed by atoms with Crippen molar-refractivity contribution >= 4 is 17.7 Å². The lowest BCUT2D eigenvalue weighted by molar-refractivity contribution is 0.0515. The van der Waals surface area contributed by atoms with Crippen molar-refractivity contribution in [1.82, 2.24) is 9.78 Å². The van der Waals surface area contributed by atoms with Gasteiger partial charge in [-0.25, -0.2) is 9.48 Å². The second-order valence-electron chi connectivity index (χ2n) is 3.87. The van der Waals surface area contributed by atoms with Crippen molar-refractivity contribution in [2.75, 3.05) is 12.9 Å². The first-order valence-electron chi connectivity index (χ1n) is 6.08. The molecule has 0 unspecified atom stereocenters. The van der Waals surface area contributed by atoms with Gasteiger partial charge in [0.15, 0.2) is 0 Å². The minimum absolute atomic E-state index is 0.203. The molecule has 0 radical (unpaired) electrons. The van der Waals surface area contributed by atoms with Gasteiger partial charge in [0.2, 0.25) is 11.1 Å². The highest BCUT2D eigenvalue weighted by atomic mass is 32.2. The topological polar surface area (TPSA) is 61.2 Å². The number of carbonyl (C=O) groups excluding carboxylic acids is 1. The molecule has 1 aromatic heterocycles. The smallest absolute Gasteiger partial charge is 0.362 e. The van der Waals surface area contributed by atoms with Crippen molar-refractivity contribution < 1.29 is 9.53 Å². The van der Waals surface area contributed by atoms with Crippen LogP contribution in [-0.4, -0.2) is 28.6 Å². The normalized spacial score (nSPS) is 10.3. The zero-order chi connectivity index (χ0) is 14.5. The molecule has 6 heteroatoms. The van der Waals surface area contributed by atoms with Gasteiger partial charge in [-0.15, -0.1) is 11.8 Å². The third kappa shape index (κ3) is 2.91. The first-order valence-corrected chi connectivity index (χ1v) is 7.30. The number of rotatable bonds is 4. The molecule has 0 bridgehead atoms. The maximum Gasteiger partial charge on any atom is 0.362 e. The summed E-state index contributed by atoms with van der Waals surface area (Å²) in [5, 5.41) is 4.09. The average Bonchev–Trinajstić information content (AvgIpc) is 2.48. The van der Waals surface area contributed by atoms with Gasteiger partial charge in [-0.3, -0.25) is 4.79 Å². The van der Waals surface area contributed by atoms with Crippen molar-refractivity contribution in [2.24, 2.45) is 0 Å². The number of ether oxygens (including phenoxy) is 1. The molecular weight excluding hydrogens is 276 g/mol. The molecule has 0 amide bonds. The van der Waals surface area contributed by atoms with Gasteiger partial charge in [-0.05, 0) is 25.3 Å². The molecule has 1 heterocycles. The fourth-order valence-electron chi connectivity index (χ4n) is 1.70. The molecule has 0 spiro atoms. The lowest BCUT2D eigenvalue weighted by Crippen LogP contribution is -2.22. The fourth-order valence-corrected chi connectivity index (χ4v) is 2.29. The van der Waals surface area contributed by atoms with E-state index in [0.717, 1.165) is 10.6 Å². The Bertz CT molecular complexity index is 682. The van der Waals surface area contributed by atoms with E-state index in [9.17, 15) is 9.59 Å². The Morgan fingerprint density at radius 2 is 2.10 bits per heavy atom. The van der Waals surface area contributed by atoms with Crippen LogP contribution >= 0.6 is 11.8 Å². The molecule has 104 valence electrons. The van der Waals surface area contributed by atoms with Gasteiger partial charge in [0.05, 0.1) is 12.3 Å². The van der Waals surface area contributed by atoms with Crippen LogP contribution in [-0.2, 0) is 4.74 Å². The zero-order valence-electron chi connectivity index (χ0n) is 11.2. The highest BCUT2D eigenvalue weighted by molar-refractivity contribution is 7.98. The molecular formula is C14H14N2O3S. The second-order valence-corrected chi connectivity index (χ2v) is 4.71. The number of thioether (sulfide) groups is 1. The van der Waals surface area contributed by atoms with E-state index in [4.69, 9.17) is 4.74 Å². The van der Waals surface area contributed by atoms with Crippen molar-refractivity contribution in [3.63, 3.8) is 0 Å². The van der Waals surface area contributed by atoms with E-state index < -0.39 is 11.4 Å². The van der Waals surface area contributed by atoms with Crippen LogP contribution in [0.15, 0.2) is 46.2 Å². The fraction of sp³-hybridized carbons (Fsp3) is 0.214. The summed E-state index contributed by atoms with van der Waals surface area (Å²) in [5.41, 5.74) is 0.164. The molecule has 0 saturated heterocycles. The summed E-state index contributed by atoms with van der Waals surface area (Å²) in [7, 11) is 0. The van der Waals surface area contributed by atoms with Gasteiger partial charge in [0, 0.05) is 17.2 Å². The number of nitrogens with zero attached hydrogens (tertiary/aromatic N) is 2. The predicted molar refractivity (Wildman–Crippen MR) is 77.6 cm³/mol. The number of hydrogen-bond acceptors (Lipinski definition) is 5. The Morgan fingerprint density at radius 1 is 1.35 bits per heavy atom. The van der Waals surface area contributed by atoms with Crippen LogP contribution < -0.4 is 5.43 Å². The van der Waals surface area contributed by atoms with Crippen molar-refractivity contribution in [3.05, 3.63) is 52.4 Å². The van der Waals surface area contributed by atoms with E-state index in [-0.39, 0.29) is 12.3 Å². The van der Waals surface area contributed by atoms with E-state index >= 15 is 0 Å². The predicted octanol–water partition coefficient (Wildman–Crippen LogP) is 2.13. The third-order valence-corrected chi connectivity index (χ3v) is 3.39. The van der Waals surface area contributed by atoms with Crippen LogP contribution in [0.3, 0.4) is 0 Å². The largest absolute Gasteiger partial charge is 0.461 e. The van der Waals surface area contributed by atoms with Gasteiger partial charge in [-0.2, -0.15) is 5.10 Å². The summed E-state index contributed by atoms with van der Waals surface area (Å²) in [6.07, 6.45) is 3.49. The van der Waals surface area contributed by atoms with Gasteiger partial charge in [-0.1, -0.05) is 12.1 Å². The molecule has 0 aliphatic heterocycles. The van der Waals surface area contributed by atoms with Gasteiger partial charge >= 0.3 is 5.97 Å². The molecule has 2 aromatic rings. The molecule has 1 aromatic carbocycles. The number of benzene rings is 1. The number of para-hydroxylation sites is 1. The lowest BCUT2D eigenvalue weighted by atomic mass is 10.3. The molecule has 0 fully saturated rings. The van der Waals surface area contributed by atoms with Crippen LogP contribution in [0.2, 0.25) is 0 Å². The lowest BCUT2D eigenvalue weighted by Gasteiger charge is -2.10. The van der Waals surface area contributed by atoms with E-state index in [2.05, 4.69) is 5.10 Å². The first kappa shape index (κ1) is 14.3. The van der Waals surface area contributed by atoms with E-state index in [0.29, 0.717) is 0 Å². The highest BCUT2D eigenvalue weighted by Gasteiger charge is 2.15. The Hall–Kier alpha value is -2.08. The number of hydrogen-bond donors (Lipinski definition) is 0. The Labute approximate surface area is 120 Å². The summed E-state index contributed by atoms with van der Waals surface area (Å²) in [5.74, 6) is -0.700. The maximum atomic E-state index is 11.7. The average molecular weight is 290 g/mol. The van der Waals surface area contributed by atoms with Crippen LogP contribution in [0.5, 0.6) is 0 Å². The standard InChI is InChI=1S/C14H14N2O3S/c1-3-19-14(18)13-11(17)8-9-16(15-13)10-6-4-5-7-12(10)20-2/h4-9H,3H2,1-2H3. The van der Waals surface area contributed by atoms with E-state index in [1.165, 1.54) is 10.7 Å². The molecule has 0 atom stereocenters. The monoisotopic (exact) mass is 290 g/mol. The molecule has 5 nitrogen and oxygen atoms in total. The Morgan fingerprint density at radius 3 is 2.80 bits per heavy atom. The third-order valence-electron chi connectivity index (χ3n) is 2.61. The van der Waals surface area contributed by atoms with Crippen molar-refractivity contribution in [2.45, 2.75) is 11.8 Å². The molecule has 0 aliphatic rings. The molecule has 0 N–H and O–H groups in total. The first-order chi connectivity index (χ1) is 9.67. The molecule has 2 rings (SSSR count).